The first-order valence-electron chi connectivity index (χ1n) is 10.1. The van der Waals surface area contributed by atoms with Crippen LogP contribution in [-0.2, 0) is 13.1 Å². The van der Waals surface area contributed by atoms with E-state index in [0.29, 0.717) is 11.3 Å². The smallest absolute Gasteiger partial charge is 0.256 e. The zero-order valence-electron chi connectivity index (χ0n) is 17.5. The zero-order chi connectivity index (χ0) is 22.5. The standard InChI is InChI=1S/C26H22F2N2O2/c1-32-22-12-8-19(9-13-22)17-30(18-20-10-11-21(27)16-24(20)28)26(31)23-6-2-3-7-25(23)29-14-4-5-15-29/h2-16H,17-18H2,1H3. The minimum Gasteiger partial charge on any atom is -0.497 e. The number of ether oxygens (including phenoxy) is 1. The Balaban J connectivity index is 1.70. The van der Waals surface area contributed by atoms with E-state index in [2.05, 4.69) is 0 Å². The van der Waals surface area contributed by atoms with E-state index in [-0.39, 0.29) is 24.6 Å². The molecule has 0 saturated heterocycles. The maximum Gasteiger partial charge on any atom is 0.256 e. The third kappa shape index (κ3) is 4.70. The fourth-order valence-corrected chi connectivity index (χ4v) is 3.55. The highest BCUT2D eigenvalue weighted by Crippen LogP contribution is 2.22. The summed E-state index contributed by atoms with van der Waals surface area (Å²) in [7, 11) is 1.58. The fourth-order valence-electron chi connectivity index (χ4n) is 3.55. The summed E-state index contributed by atoms with van der Waals surface area (Å²) < 4.78 is 34.9. The molecule has 6 heteroatoms. The van der Waals surface area contributed by atoms with Crippen LogP contribution >= 0.6 is 0 Å². The lowest BCUT2D eigenvalue weighted by Crippen LogP contribution is -2.31. The highest BCUT2D eigenvalue weighted by molar-refractivity contribution is 5.97. The Morgan fingerprint density at radius 3 is 2.31 bits per heavy atom. The van der Waals surface area contributed by atoms with Crippen molar-refractivity contribution in [2.75, 3.05) is 7.11 Å². The molecule has 32 heavy (non-hydrogen) atoms. The molecule has 0 radical (unpaired) electrons. The van der Waals surface area contributed by atoms with Gasteiger partial charge in [-0.2, -0.15) is 0 Å². The van der Waals surface area contributed by atoms with Crippen molar-refractivity contribution in [1.82, 2.24) is 9.47 Å². The van der Waals surface area contributed by atoms with E-state index < -0.39 is 11.6 Å². The SMILES string of the molecule is COc1ccc(CN(Cc2ccc(F)cc2F)C(=O)c2ccccc2-n2cccc2)cc1. The average Bonchev–Trinajstić information content (AvgIpc) is 3.35. The van der Waals surface area contributed by atoms with Gasteiger partial charge in [-0.1, -0.05) is 30.3 Å². The molecule has 0 spiro atoms. The largest absolute Gasteiger partial charge is 0.497 e. The molecule has 1 aromatic heterocycles. The molecule has 1 amide bonds. The minimum atomic E-state index is -0.684. The van der Waals surface area contributed by atoms with Gasteiger partial charge in [-0.25, -0.2) is 8.78 Å². The molecule has 0 aliphatic carbocycles. The average molecular weight is 432 g/mol. The second kappa shape index (κ2) is 9.47. The van der Waals surface area contributed by atoms with Crippen LogP contribution in [0.4, 0.5) is 8.78 Å². The Morgan fingerprint density at radius 2 is 1.62 bits per heavy atom. The van der Waals surface area contributed by atoms with Gasteiger partial charge in [0.1, 0.15) is 17.4 Å². The predicted molar refractivity (Wildman–Crippen MR) is 119 cm³/mol. The summed E-state index contributed by atoms with van der Waals surface area (Å²) in [5.41, 5.74) is 2.31. The van der Waals surface area contributed by atoms with Crippen molar-refractivity contribution in [2.24, 2.45) is 0 Å². The Morgan fingerprint density at radius 1 is 0.906 bits per heavy atom. The molecule has 0 atom stereocenters. The Bertz CT molecular complexity index is 1200. The van der Waals surface area contributed by atoms with Crippen LogP contribution in [-0.4, -0.2) is 22.5 Å². The molecule has 3 aromatic carbocycles. The van der Waals surface area contributed by atoms with E-state index in [1.165, 1.54) is 12.1 Å². The normalized spacial score (nSPS) is 10.7. The number of rotatable bonds is 7. The molecule has 0 N–H and O–H groups in total. The van der Waals surface area contributed by atoms with Crippen molar-refractivity contribution in [1.29, 1.82) is 0 Å². The quantitative estimate of drug-likeness (QED) is 0.381. The van der Waals surface area contributed by atoms with Crippen LogP contribution in [0, 0.1) is 11.6 Å². The summed E-state index contributed by atoms with van der Waals surface area (Å²) in [5.74, 6) is -0.892. The predicted octanol–water partition coefficient (Wildman–Crippen LogP) is 5.61. The number of aromatic nitrogens is 1. The van der Waals surface area contributed by atoms with Crippen LogP contribution in [0.3, 0.4) is 0 Å². The van der Waals surface area contributed by atoms with E-state index in [1.807, 2.05) is 65.5 Å². The lowest BCUT2D eigenvalue weighted by atomic mass is 10.1. The van der Waals surface area contributed by atoms with Gasteiger partial charge in [0.05, 0.1) is 18.4 Å². The van der Waals surface area contributed by atoms with Crippen LogP contribution in [0.15, 0.2) is 91.3 Å². The van der Waals surface area contributed by atoms with E-state index in [4.69, 9.17) is 4.74 Å². The van der Waals surface area contributed by atoms with Crippen molar-refractivity contribution in [3.05, 3.63) is 120 Å². The second-order valence-electron chi connectivity index (χ2n) is 7.35. The Kier molecular flexibility index (Phi) is 6.31. The van der Waals surface area contributed by atoms with Gasteiger partial charge in [-0.15, -0.1) is 0 Å². The molecule has 162 valence electrons. The topological polar surface area (TPSA) is 34.5 Å². The van der Waals surface area contributed by atoms with Crippen LogP contribution in [0.1, 0.15) is 21.5 Å². The molecule has 0 fully saturated rings. The molecule has 4 aromatic rings. The second-order valence-corrected chi connectivity index (χ2v) is 7.35. The van der Waals surface area contributed by atoms with E-state index in [0.717, 1.165) is 17.3 Å². The lowest BCUT2D eigenvalue weighted by molar-refractivity contribution is 0.0728. The Hall–Kier alpha value is -3.93. The summed E-state index contributed by atoms with van der Waals surface area (Å²) in [6, 6.07) is 21.8. The number of hydrogen-bond acceptors (Lipinski definition) is 2. The first kappa shape index (κ1) is 21.3. The van der Waals surface area contributed by atoms with Crippen molar-refractivity contribution in [2.45, 2.75) is 13.1 Å². The number of nitrogens with zero attached hydrogens (tertiary/aromatic N) is 2. The maximum absolute atomic E-state index is 14.4. The first-order chi connectivity index (χ1) is 15.5. The molecule has 0 aliphatic rings. The van der Waals surface area contributed by atoms with Gasteiger partial charge in [0.15, 0.2) is 0 Å². The third-order valence-electron chi connectivity index (χ3n) is 5.21. The van der Waals surface area contributed by atoms with Gasteiger partial charge in [-0.3, -0.25) is 4.79 Å². The van der Waals surface area contributed by atoms with Crippen LogP contribution in [0.5, 0.6) is 5.75 Å². The highest BCUT2D eigenvalue weighted by Gasteiger charge is 2.21. The van der Waals surface area contributed by atoms with Gasteiger partial charge in [-0.05, 0) is 48.0 Å². The maximum atomic E-state index is 14.4. The van der Waals surface area contributed by atoms with Gasteiger partial charge >= 0.3 is 0 Å². The summed E-state index contributed by atoms with van der Waals surface area (Å²) in [6.45, 7) is 0.247. The van der Waals surface area contributed by atoms with Crippen molar-refractivity contribution < 1.29 is 18.3 Å². The highest BCUT2D eigenvalue weighted by atomic mass is 19.1. The molecule has 0 unspecified atom stereocenters. The number of para-hydroxylation sites is 1. The van der Waals surface area contributed by atoms with Gasteiger partial charge in [0, 0.05) is 37.1 Å². The molecule has 0 bridgehead atoms. The number of methoxy groups -OCH3 is 1. The fraction of sp³-hybridized carbons (Fsp3) is 0.115. The number of benzene rings is 3. The molecule has 1 heterocycles. The third-order valence-corrected chi connectivity index (χ3v) is 5.21. The lowest BCUT2D eigenvalue weighted by Gasteiger charge is -2.25. The van der Waals surface area contributed by atoms with Crippen molar-refractivity contribution in [3.63, 3.8) is 0 Å². The molecule has 4 rings (SSSR count). The summed E-state index contributed by atoms with van der Waals surface area (Å²) in [6.07, 6.45) is 3.72. The summed E-state index contributed by atoms with van der Waals surface area (Å²) in [5, 5.41) is 0. The number of carbonyl (C=O) groups is 1. The van der Waals surface area contributed by atoms with Gasteiger partial charge in [0.2, 0.25) is 0 Å². The van der Waals surface area contributed by atoms with Crippen LogP contribution in [0.25, 0.3) is 5.69 Å². The molecular formula is C26H22F2N2O2. The number of halogens is 2. The van der Waals surface area contributed by atoms with Crippen molar-refractivity contribution in [3.8, 4) is 11.4 Å². The van der Waals surface area contributed by atoms with Gasteiger partial charge in [0.25, 0.3) is 5.91 Å². The first-order valence-corrected chi connectivity index (χ1v) is 10.1. The molecule has 4 nitrogen and oxygen atoms in total. The summed E-state index contributed by atoms with van der Waals surface area (Å²) in [4.78, 5) is 15.2. The number of carbonyl (C=O) groups excluding carboxylic acids is 1. The number of amides is 1. The minimum absolute atomic E-state index is 0.00299. The molecule has 0 aliphatic heterocycles. The van der Waals surface area contributed by atoms with E-state index >= 15 is 0 Å². The Labute approximate surface area is 185 Å². The van der Waals surface area contributed by atoms with Gasteiger partial charge < -0.3 is 14.2 Å². The van der Waals surface area contributed by atoms with Crippen molar-refractivity contribution >= 4 is 5.91 Å². The zero-order valence-corrected chi connectivity index (χ0v) is 17.5. The number of hydrogen-bond donors (Lipinski definition) is 0. The van der Waals surface area contributed by atoms with E-state index in [9.17, 15) is 13.6 Å². The van der Waals surface area contributed by atoms with Crippen LogP contribution < -0.4 is 4.74 Å². The monoisotopic (exact) mass is 432 g/mol. The summed E-state index contributed by atoms with van der Waals surface area (Å²) >= 11 is 0. The molecular weight excluding hydrogens is 410 g/mol. The van der Waals surface area contributed by atoms with Crippen LogP contribution in [0.2, 0.25) is 0 Å². The van der Waals surface area contributed by atoms with E-state index in [1.54, 1.807) is 24.1 Å². The molecule has 0 saturated carbocycles.